The highest BCUT2D eigenvalue weighted by Gasteiger charge is 2.41. The van der Waals surface area contributed by atoms with Crippen LogP contribution < -0.4 is 9.80 Å². The lowest BCUT2D eigenvalue weighted by atomic mass is 9.77. The first kappa shape index (κ1) is 51.4. The molecule has 0 N–H and O–H groups in total. The third-order valence-electron chi connectivity index (χ3n) is 20.4. The lowest BCUT2D eigenvalue weighted by molar-refractivity contribution is 0.651. The van der Waals surface area contributed by atoms with Gasteiger partial charge in [-0.25, -0.2) is 0 Å². The number of allylic oxidation sites excluding steroid dienone is 4. The molecular weight excluding hydrogens is 1050 g/mol. The van der Waals surface area contributed by atoms with Crippen LogP contribution in [0.25, 0.3) is 93.2 Å². The van der Waals surface area contributed by atoms with Crippen molar-refractivity contribution in [1.82, 2.24) is 0 Å². The van der Waals surface area contributed by atoms with Crippen molar-refractivity contribution in [2.24, 2.45) is 0 Å². The Morgan fingerprint density at radius 2 is 0.736 bits per heavy atom. The molecule has 87 heavy (non-hydrogen) atoms. The Bertz CT molecular complexity index is 5130. The number of fused-ring (bicyclic) bond motifs is 12. The van der Waals surface area contributed by atoms with Crippen LogP contribution in [0.3, 0.4) is 0 Å². The molecule has 2 nitrogen and oxygen atoms in total. The molecule has 0 heterocycles. The quantitative estimate of drug-likeness (QED) is 0.140. The number of nitrogens with zero attached hydrogens (tertiary/aromatic N) is 2. The molecule has 0 unspecified atom stereocenters. The summed E-state index contributed by atoms with van der Waals surface area (Å²) < 4.78 is 0. The Morgan fingerprint density at radius 3 is 1.40 bits per heavy atom. The van der Waals surface area contributed by atoms with Gasteiger partial charge in [0.2, 0.25) is 0 Å². The summed E-state index contributed by atoms with van der Waals surface area (Å²) in [5.41, 5.74) is 27.6. The minimum absolute atomic E-state index is 0.135. The average molecular weight is 1120 g/mol. The fourth-order valence-corrected chi connectivity index (χ4v) is 16.0. The third-order valence-corrected chi connectivity index (χ3v) is 20.4. The highest BCUT2D eigenvalue weighted by atomic mass is 15.1. The fourth-order valence-electron chi connectivity index (χ4n) is 16.0. The van der Waals surface area contributed by atoms with Crippen molar-refractivity contribution in [3.63, 3.8) is 0 Å². The molecule has 13 aromatic rings. The van der Waals surface area contributed by atoms with Gasteiger partial charge in [0.1, 0.15) is 0 Å². The van der Waals surface area contributed by atoms with E-state index in [1.54, 1.807) is 0 Å². The Hall–Kier alpha value is -10.0. The van der Waals surface area contributed by atoms with E-state index >= 15 is 0 Å². The first-order valence-electron chi connectivity index (χ1n) is 31.1. The molecule has 0 bridgehead atoms. The van der Waals surface area contributed by atoms with Crippen molar-refractivity contribution in [1.29, 1.82) is 0 Å². The van der Waals surface area contributed by atoms with Crippen LogP contribution in [0.15, 0.2) is 273 Å². The highest BCUT2D eigenvalue weighted by molar-refractivity contribution is 6.23. The topological polar surface area (TPSA) is 6.48 Å². The molecule has 4 aliphatic carbocycles. The van der Waals surface area contributed by atoms with Crippen LogP contribution in [0.5, 0.6) is 0 Å². The number of anilines is 6. The van der Waals surface area contributed by atoms with E-state index in [-0.39, 0.29) is 16.2 Å². The van der Waals surface area contributed by atoms with E-state index in [9.17, 15) is 0 Å². The summed E-state index contributed by atoms with van der Waals surface area (Å²) in [7, 11) is 0. The largest absolute Gasteiger partial charge is 0.310 e. The van der Waals surface area contributed by atoms with Gasteiger partial charge in [-0.2, -0.15) is 0 Å². The minimum atomic E-state index is -0.342. The molecule has 0 aliphatic heterocycles. The van der Waals surface area contributed by atoms with Crippen molar-refractivity contribution >= 4 is 82.8 Å². The zero-order valence-electron chi connectivity index (χ0n) is 50.2. The predicted octanol–water partition coefficient (Wildman–Crippen LogP) is 23.6. The van der Waals surface area contributed by atoms with Gasteiger partial charge in [0.05, 0.1) is 0 Å². The SMILES string of the molecule is CC1(C)C2=C(CCC=C2)c2ccc(-c3c4ccc(N(c5ccccc5)c5ccc6ccccc6c5)cc4c(-c4ccc5c(c4)C(C)(C)c4ccccc4-5)c4cc5c(cc34)C(C)(C)c3cc(N(c4ccccc4)c4ccc6ccccc6c4)ccc3-5)cc21. The minimum Gasteiger partial charge on any atom is -0.310 e. The zero-order chi connectivity index (χ0) is 58.5. The van der Waals surface area contributed by atoms with E-state index in [1.807, 2.05) is 0 Å². The van der Waals surface area contributed by atoms with Gasteiger partial charge in [-0.15, -0.1) is 0 Å². The lowest BCUT2D eigenvalue weighted by Crippen LogP contribution is -2.17. The van der Waals surface area contributed by atoms with E-state index in [0.29, 0.717) is 0 Å². The second kappa shape index (κ2) is 19.0. The molecule has 0 spiro atoms. The van der Waals surface area contributed by atoms with Crippen molar-refractivity contribution in [2.75, 3.05) is 9.80 Å². The third kappa shape index (κ3) is 7.73. The summed E-state index contributed by atoms with van der Waals surface area (Å²) in [6.45, 7) is 14.6. The number of hydrogen-bond acceptors (Lipinski definition) is 2. The van der Waals surface area contributed by atoms with Crippen molar-refractivity contribution in [3.05, 3.63) is 306 Å². The molecule has 0 atom stereocenters. The molecule has 2 heteroatoms. The second-order valence-corrected chi connectivity index (χ2v) is 26.3. The molecule has 0 saturated heterocycles. The summed E-state index contributed by atoms with van der Waals surface area (Å²) in [6, 6.07) is 96.8. The molecule has 0 amide bonds. The molecule has 4 aliphatic rings. The van der Waals surface area contributed by atoms with E-state index in [1.165, 1.54) is 132 Å². The van der Waals surface area contributed by atoms with Gasteiger partial charge >= 0.3 is 0 Å². The van der Waals surface area contributed by atoms with Gasteiger partial charge in [-0.05, 0) is 242 Å². The fraction of sp³-hybridized carbons (Fsp3) is 0.129. The Morgan fingerprint density at radius 1 is 0.287 bits per heavy atom. The van der Waals surface area contributed by atoms with E-state index in [0.717, 1.165) is 47.0 Å². The van der Waals surface area contributed by atoms with E-state index < -0.39 is 0 Å². The summed E-state index contributed by atoms with van der Waals surface area (Å²) in [6.07, 6.45) is 6.96. The maximum absolute atomic E-state index is 2.62. The molecular formula is C85H66N2. The second-order valence-electron chi connectivity index (χ2n) is 26.3. The Labute approximate surface area is 510 Å². The van der Waals surface area contributed by atoms with Gasteiger partial charge in [-0.3, -0.25) is 0 Å². The maximum atomic E-state index is 2.62. The highest BCUT2D eigenvalue weighted by Crippen LogP contribution is 2.58. The van der Waals surface area contributed by atoms with Crippen LogP contribution in [0.2, 0.25) is 0 Å². The Balaban J connectivity index is 0.957. The van der Waals surface area contributed by atoms with Crippen LogP contribution in [-0.4, -0.2) is 0 Å². The number of hydrogen-bond donors (Lipinski definition) is 0. The average Bonchev–Trinajstić information content (AvgIpc) is 1.74. The van der Waals surface area contributed by atoms with Crippen LogP contribution in [0.1, 0.15) is 87.8 Å². The van der Waals surface area contributed by atoms with Crippen LogP contribution >= 0.6 is 0 Å². The number of para-hydroxylation sites is 2. The van der Waals surface area contributed by atoms with Gasteiger partial charge in [0, 0.05) is 50.4 Å². The molecule has 416 valence electrons. The van der Waals surface area contributed by atoms with Crippen molar-refractivity contribution in [2.45, 2.75) is 70.6 Å². The van der Waals surface area contributed by atoms with Gasteiger partial charge in [0.15, 0.2) is 0 Å². The first-order valence-corrected chi connectivity index (χ1v) is 31.1. The summed E-state index contributed by atoms with van der Waals surface area (Å²) in [4.78, 5) is 4.89. The van der Waals surface area contributed by atoms with Crippen molar-refractivity contribution in [3.8, 4) is 44.5 Å². The molecule has 0 aromatic heterocycles. The van der Waals surface area contributed by atoms with Gasteiger partial charge in [0.25, 0.3) is 0 Å². The molecule has 0 radical (unpaired) electrons. The van der Waals surface area contributed by atoms with Crippen LogP contribution in [0, 0.1) is 0 Å². The normalized spacial score (nSPS) is 15.3. The molecule has 13 aromatic carbocycles. The van der Waals surface area contributed by atoms with Crippen LogP contribution in [-0.2, 0) is 16.2 Å². The number of benzene rings is 13. The van der Waals surface area contributed by atoms with E-state index in [4.69, 9.17) is 0 Å². The smallest absolute Gasteiger partial charge is 0.0468 e. The maximum Gasteiger partial charge on any atom is 0.0468 e. The van der Waals surface area contributed by atoms with Gasteiger partial charge in [-0.1, -0.05) is 211 Å². The van der Waals surface area contributed by atoms with Crippen molar-refractivity contribution < 1.29 is 0 Å². The summed E-state index contributed by atoms with van der Waals surface area (Å²) >= 11 is 0. The monoisotopic (exact) mass is 1110 g/mol. The molecule has 0 saturated carbocycles. The van der Waals surface area contributed by atoms with Gasteiger partial charge < -0.3 is 9.80 Å². The Kier molecular flexibility index (Phi) is 11.2. The van der Waals surface area contributed by atoms with Crippen LogP contribution in [0.4, 0.5) is 34.1 Å². The van der Waals surface area contributed by atoms with E-state index in [2.05, 4.69) is 318 Å². The zero-order valence-corrected chi connectivity index (χ0v) is 50.2. The summed E-state index contributed by atoms with van der Waals surface area (Å²) in [5.74, 6) is 0. The first-order chi connectivity index (χ1) is 42.4. The molecule has 0 fully saturated rings. The molecule has 17 rings (SSSR count). The standard InChI is InChI=1S/C85H66N2/c1-83(2)75-31-19-17-29-65(75)67-41-35-57(47-77(67)83)81-70-44-40-63(86(59-25-9-7-10-26-59)61-37-33-53-21-13-15-23-55(53)45-61)49-72(70)82(58-36-42-68-66-30-18-20-32-76(66)84(3,4)78(68)48-58)73-51-71-69-43-39-64(50-79(69)85(5,6)80(71)52-74(73)81)87(60-27-11-8-12-28-60)62-38-34-54-22-14-16-24-56(54)46-62/h7-16,18-28,30-52H,17,29H2,1-6H3. The lowest BCUT2D eigenvalue weighted by Gasteiger charge is -2.29. The summed E-state index contributed by atoms with van der Waals surface area (Å²) in [5, 5.41) is 9.90. The number of rotatable bonds is 8. The predicted molar refractivity (Wildman–Crippen MR) is 370 cm³/mol.